The van der Waals surface area contributed by atoms with Gasteiger partial charge in [0.05, 0.1) is 6.61 Å². The van der Waals surface area contributed by atoms with Crippen molar-refractivity contribution >= 4 is 0 Å². The fourth-order valence-electron chi connectivity index (χ4n) is 6.63. The second-order valence-electron chi connectivity index (χ2n) is 15.2. The number of unbranched alkanes of at least 4 members (excludes halogenated alkanes) is 16. The number of benzene rings is 1. The quantitative estimate of drug-likeness (QED) is 0.0435. The van der Waals surface area contributed by atoms with Gasteiger partial charge in [-0.1, -0.05) is 165 Å². The maximum atomic E-state index is 6.48. The Balaban J connectivity index is 2.40. The molecule has 1 N–H and O–H groups in total. The third-order valence-electron chi connectivity index (χ3n) is 10.2. The first-order chi connectivity index (χ1) is 24.5. The summed E-state index contributed by atoms with van der Waals surface area (Å²) < 4.78 is 6.48. The summed E-state index contributed by atoms with van der Waals surface area (Å²) in [5, 5.41) is 3.26. The molecule has 0 aliphatic heterocycles. The Labute approximate surface area is 313 Å². The minimum Gasteiger partial charge on any atom is -0.493 e. The molecule has 0 saturated heterocycles. The zero-order valence-corrected chi connectivity index (χ0v) is 34.1. The number of nitrogens with one attached hydrogen (secondary N) is 1. The molecule has 1 rings (SSSR count). The summed E-state index contributed by atoms with van der Waals surface area (Å²) >= 11 is 0. The molecule has 2 nitrogen and oxygen atoms in total. The Bertz CT molecular complexity index is 1020. The van der Waals surface area contributed by atoms with Gasteiger partial charge in [-0.05, 0) is 126 Å². The van der Waals surface area contributed by atoms with Crippen LogP contribution in [0.5, 0.6) is 5.75 Å². The fraction of sp³-hybridized carbons (Fsp3) is 0.708. The summed E-state index contributed by atoms with van der Waals surface area (Å²) in [6.07, 6.45) is 47.1. The van der Waals surface area contributed by atoms with Gasteiger partial charge < -0.3 is 10.1 Å². The largest absolute Gasteiger partial charge is 0.493 e. The fourth-order valence-corrected chi connectivity index (χ4v) is 6.63. The lowest BCUT2D eigenvalue weighted by atomic mass is 9.95. The normalized spacial score (nSPS) is 12.6. The molecule has 0 saturated carbocycles. The molecule has 2 heteroatoms. The van der Waals surface area contributed by atoms with Crippen molar-refractivity contribution in [2.45, 2.75) is 195 Å². The highest BCUT2D eigenvalue weighted by molar-refractivity contribution is 5.43. The van der Waals surface area contributed by atoms with Crippen LogP contribution in [-0.4, -0.2) is 20.2 Å². The molecule has 0 aliphatic carbocycles. The standard InChI is InChI=1S/C48H83NO/c1-7-9-11-12-13-14-15-16-17-18-19-20-24-27-31-35-47-41-46(37-36-44(4)38-39-49-6)42-48(45(47)5)50-40-32-28-25-22-21-23-26-30-34-43(3)33-29-10-8-2/h12-15,26,30,41-43,49H,4,7-11,16-25,27-29,31-40H2,1-3,5-6H3/b13-12+,15-14+,30-26+. The summed E-state index contributed by atoms with van der Waals surface area (Å²) in [6.45, 7) is 15.4. The van der Waals surface area contributed by atoms with Crippen molar-refractivity contribution in [3.63, 3.8) is 0 Å². The maximum Gasteiger partial charge on any atom is 0.122 e. The van der Waals surface area contributed by atoms with Gasteiger partial charge in [0.15, 0.2) is 0 Å². The van der Waals surface area contributed by atoms with Crippen LogP contribution in [0.15, 0.2) is 60.7 Å². The molecular formula is C48H83NO. The molecule has 0 fully saturated rings. The van der Waals surface area contributed by atoms with E-state index in [0.717, 1.165) is 50.5 Å². The van der Waals surface area contributed by atoms with Gasteiger partial charge in [0.25, 0.3) is 0 Å². The molecule has 0 radical (unpaired) electrons. The van der Waals surface area contributed by atoms with Crippen molar-refractivity contribution < 1.29 is 4.74 Å². The summed E-state index contributed by atoms with van der Waals surface area (Å²) in [6, 6.07) is 4.81. The molecule has 1 unspecified atom stereocenters. The lowest BCUT2D eigenvalue weighted by molar-refractivity contribution is 0.302. The molecule has 50 heavy (non-hydrogen) atoms. The van der Waals surface area contributed by atoms with Gasteiger partial charge in [-0.25, -0.2) is 0 Å². The van der Waals surface area contributed by atoms with Crippen LogP contribution in [0.1, 0.15) is 192 Å². The zero-order valence-electron chi connectivity index (χ0n) is 34.1. The number of rotatable bonds is 35. The molecule has 0 aliphatic rings. The third kappa shape index (κ3) is 26.7. The van der Waals surface area contributed by atoms with Crippen LogP contribution in [0, 0.1) is 12.8 Å². The van der Waals surface area contributed by atoms with Gasteiger partial charge in [0, 0.05) is 0 Å². The molecule has 286 valence electrons. The number of hydrogen-bond acceptors (Lipinski definition) is 2. The Morgan fingerprint density at radius 3 is 2.00 bits per heavy atom. The first-order valence-corrected chi connectivity index (χ1v) is 21.5. The van der Waals surface area contributed by atoms with E-state index in [-0.39, 0.29) is 0 Å². The molecule has 0 spiro atoms. The predicted octanol–water partition coefficient (Wildman–Crippen LogP) is 14.9. The van der Waals surface area contributed by atoms with E-state index >= 15 is 0 Å². The molecule has 0 aromatic heterocycles. The Kier molecular flexibility index (Phi) is 31.3. The van der Waals surface area contributed by atoms with Crippen LogP contribution < -0.4 is 10.1 Å². The molecule has 0 bridgehead atoms. The average Bonchev–Trinajstić information content (AvgIpc) is 3.11. The minimum atomic E-state index is 0.833. The second kappa shape index (κ2) is 34.0. The van der Waals surface area contributed by atoms with Gasteiger partial charge in [-0.2, -0.15) is 0 Å². The topological polar surface area (TPSA) is 21.3 Å². The SMILES string of the molecule is C=C(CCNC)CCc1cc(CCCCCCCCC/C=C/C=C/CCCC)c(C)c(OCCCCCCC/C=C/CC(C)CCCCC)c1. The molecule has 1 atom stereocenters. The summed E-state index contributed by atoms with van der Waals surface area (Å²) in [5.74, 6) is 1.96. The van der Waals surface area contributed by atoms with E-state index < -0.39 is 0 Å². The van der Waals surface area contributed by atoms with Crippen LogP contribution in [0.3, 0.4) is 0 Å². The maximum absolute atomic E-state index is 6.48. The summed E-state index contributed by atoms with van der Waals surface area (Å²) in [7, 11) is 2.02. The predicted molar refractivity (Wildman–Crippen MR) is 226 cm³/mol. The Hall–Kier alpha value is -2.06. The number of ether oxygens (including phenoxy) is 1. The Morgan fingerprint density at radius 1 is 0.700 bits per heavy atom. The number of hydrogen-bond donors (Lipinski definition) is 1. The van der Waals surface area contributed by atoms with Crippen molar-refractivity contribution in [1.29, 1.82) is 0 Å². The van der Waals surface area contributed by atoms with Crippen LogP contribution in [0.4, 0.5) is 0 Å². The van der Waals surface area contributed by atoms with E-state index in [1.807, 2.05) is 7.05 Å². The monoisotopic (exact) mass is 690 g/mol. The van der Waals surface area contributed by atoms with E-state index in [4.69, 9.17) is 4.74 Å². The highest BCUT2D eigenvalue weighted by atomic mass is 16.5. The first-order valence-electron chi connectivity index (χ1n) is 21.5. The third-order valence-corrected chi connectivity index (χ3v) is 10.2. The Morgan fingerprint density at radius 2 is 1.32 bits per heavy atom. The molecule has 1 aromatic carbocycles. The summed E-state index contributed by atoms with van der Waals surface area (Å²) in [4.78, 5) is 0. The molecule has 1 aromatic rings. The van der Waals surface area contributed by atoms with Crippen molar-refractivity contribution in [1.82, 2.24) is 5.32 Å². The van der Waals surface area contributed by atoms with Gasteiger partial charge >= 0.3 is 0 Å². The van der Waals surface area contributed by atoms with Crippen molar-refractivity contribution in [3.8, 4) is 5.75 Å². The van der Waals surface area contributed by atoms with Crippen molar-refractivity contribution in [2.75, 3.05) is 20.2 Å². The van der Waals surface area contributed by atoms with E-state index in [9.17, 15) is 0 Å². The van der Waals surface area contributed by atoms with Crippen LogP contribution >= 0.6 is 0 Å². The van der Waals surface area contributed by atoms with Crippen LogP contribution in [-0.2, 0) is 12.8 Å². The van der Waals surface area contributed by atoms with Gasteiger partial charge in [-0.3, -0.25) is 0 Å². The van der Waals surface area contributed by atoms with E-state index in [1.165, 1.54) is 164 Å². The summed E-state index contributed by atoms with van der Waals surface area (Å²) in [5.41, 5.74) is 5.62. The highest BCUT2D eigenvalue weighted by Gasteiger charge is 2.10. The van der Waals surface area contributed by atoms with Gasteiger partial charge in [0.2, 0.25) is 0 Å². The van der Waals surface area contributed by atoms with E-state index in [2.05, 4.69) is 88.2 Å². The minimum absolute atomic E-state index is 0.833. The van der Waals surface area contributed by atoms with E-state index in [0.29, 0.717) is 0 Å². The molecule has 0 amide bonds. The van der Waals surface area contributed by atoms with Gasteiger partial charge in [-0.15, -0.1) is 0 Å². The van der Waals surface area contributed by atoms with Crippen molar-refractivity contribution in [2.24, 2.45) is 5.92 Å². The van der Waals surface area contributed by atoms with Crippen molar-refractivity contribution in [3.05, 3.63) is 77.4 Å². The lowest BCUT2D eigenvalue weighted by Crippen LogP contribution is -2.08. The van der Waals surface area contributed by atoms with Gasteiger partial charge in [0.1, 0.15) is 5.75 Å². The number of aryl methyl sites for hydroxylation is 2. The highest BCUT2D eigenvalue weighted by Crippen LogP contribution is 2.28. The average molecular weight is 690 g/mol. The molecule has 0 heterocycles. The van der Waals surface area contributed by atoms with Crippen LogP contribution in [0.2, 0.25) is 0 Å². The van der Waals surface area contributed by atoms with E-state index in [1.54, 1.807) is 0 Å². The number of allylic oxidation sites excluding steroid dienone is 6. The second-order valence-corrected chi connectivity index (χ2v) is 15.2. The first kappa shape index (κ1) is 46.0. The molecular weight excluding hydrogens is 607 g/mol. The lowest BCUT2D eigenvalue weighted by Gasteiger charge is -2.16. The van der Waals surface area contributed by atoms with Crippen LogP contribution in [0.25, 0.3) is 0 Å². The zero-order chi connectivity index (χ0) is 36.3. The smallest absolute Gasteiger partial charge is 0.122 e.